The molecule has 0 saturated heterocycles. The molecule has 0 unspecified atom stereocenters. The first-order valence-electron chi connectivity index (χ1n) is 6.56. The second-order valence-corrected chi connectivity index (χ2v) is 6.24. The molecule has 0 aliphatic heterocycles. The van der Waals surface area contributed by atoms with Crippen LogP contribution in [0.5, 0.6) is 0 Å². The first kappa shape index (κ1) is 15.6. The Balaban J connectivity index is 3.05. The third-order valence-electron chi connectivity index (χ3n) is 2.98. The highest BCUT2D eigenvalue weighted by molar-refractivity contribution is 5.78. The monoisotopic (exact) mass is 264 g/mol. The number of pyridine rings is 1. The second kappa shape index (κ2) is 5.29. The van der Waals surface area contributed by atoms with E-state index in [9.17, 15) is 9.90 Å². The number of hydrogen-bond acceptors (Lipinski definition) is 3. The number of hydrogen-bond donors (Lipinski definition) is 2. The van der Waals surface area contributed by atoms with E-state index in [1.54, 1.807) is 19.9 Å². The topological polar surface area (TPSA) is 62.2 Å². The van der Waals surface area contributed by atoms with Crippen molar-refractivity contribution in [1.82, 2.24) is 10.3 Å². The molecular weight excluding hydrogens is 240 g/mol. The Morgan fingerprint density at radius 2 is 1.74 bits per heavy atom. The molecule has 1 rings (SSSR count). The lowest BCUT2D eigenvalue weighted by Gasteiger charge is -2.28. The van der Waals surface area contributed by atoms with Gasteiger partial charge in [-0.3, -0.25) is 9.78 Å². The van der Waals surface area contributed by atoms with Crippen LogP contribution < -0.4 is 5.32 Å². The summed E-state index contributed by atoms with van der Waals surface area (Å²) in [6.07, 6.45) is 0. The zero-order valence-corrected chi connectivity index (χ0v) is 12.6. The number of nitrogens with zero attached hydrogens (tertiary/aromatic N) is 1. The van der Waals surface area contributed by atoms with Gasteiger partial charge in [-0.1, -0.05) is 19.9 Å². The molecule has 19 heavy (non-hydrogen) atoms. The van der Waals surface area contributed by atoms with E-state index in [-0.39, 0.29) is 11.8 Å². The molecule has 0 aliphatic carbocycles. The number of aromatic nitrogens is 1. The summed E-state index contributed by atoms with van der Waals surface area (Å²) < 4.78 is 0. The molecule has 1 heterocycles. The van der Waals surface area contributed by atoms with Crippen molar-refractivity contribution >= 4 is 5.91 Å². The molecule has 1 amide bonds. The average molecular weight is 264 g/mol. The fourth-order valence-corrected chi connectivity index (χ4v) is 1.64. The smallest absolute Gasteiger partial charge is 0.223 e. The first-order valence-corrected chi connectivity index (χ1v) is 6.56. The zero-order valence-electron chi connectivity index (χ0n) is 12.6. The number of carbonyl (C=O) groups is 1. The first-order chi connectivity index (χ1) is 8.54. The third kappa shape index (κ3) is 4.03. The molecule has 0 saturated carbocycles. The van der Waals surface area contributed by atoms with Gasteiger partial charge in [0.15, 0.2) is 0 Å². The molecule has 106 valence electrons. The van der Waals surface area contributed by atoms with Crippen molar-refractivity contribution < 1.29 is 9.90 Å². The van der Waals surface area contributed by atoms with Gasteiger partial charge in [0.25, 0.3) is 0 Å². The normalized spacial score (nSPS) is 12.6. The molecular formula is C15H24N2O2. The predicted octanol–water partition coefficient (Wildman–Crippen LogP) is 2.32. The van der Waals surface area contributed by atoms with Crippen LogP contribution in [0.15, 0.2) is 18.2 Å². The van der Waals surface area contributed by atoms with Crippen LogP contribution >= 0.6 is 0 Å². The summed E-state index contributed by atoms with van der Waals surface area (Å²) in [5.74, 6) is -0.0859. The fraction of sp³-hybridized carbons (Fsp3) is 0.600. The summed E-state index contributed by atoms with van der Waals surface area (Å²) >= 11 is 0. The van der Waals surface area contributed by atoms with Gasteiger partial charge in [0.2, 0.25) is 5.91 Å². The van der Waals surface area contributed by atoms with E-state index >= 15 is 0 Å². The van der Waals surface area contributed by atoms with Gasteiger partial charge in [-0.2, -0.15) is 0 Å². The predicted molar refractivity (Wildman–Crippen MR) is 75.5 cm³/mol. The molecule has 0 atom stereocenters. The number of amides is 1. The van der Waals surface area contributed by atoms with Gasteiger partial charge < -0.3 is 10.4 Å². The van der Waals surface area contributed by atoms with Gasteiger partial charge in [-0.25, -0.2) is 0 Å². The molecule has 0 fully saturated rings. The van der Waals surface area contributed by atoms with Crippen molar-refractivity contribution in [3.8, 4) is 0 Å². The summed E-state index contributed by atoms with van der Waals surface area (Å²) in [5.41, 5.74) is -0.227. The molecule has 4 heteroatoms. The van der Waals surface area contributed by atoms with Gasteiger partial charge >= 0.3 is 0 Å². The Labute approximate surface area is 115 Å². The van der Waals surface area contributed by atoms with Gasteiger partial charge in [0, 0.05) is 5.92 Å². The van der Waals surface area contributed by atoms with Crippen molar-refractivity contribution in [3.05, 3.63) is 29.6 Å². The Kier molecular flexibility index (Phi) is 4.35. The van der Waals surface area contributed by atoms with E-state index in [2.05, 4.69) is 10.3 Å². The number of aliphatic hydroxyl groups is 1. The van der Waals surface area contributed by atoms with Crippen LogP contribution in [-0.4, -0.2) is 16.0 Å². The fourth-order valence-electron chi connectivity index (χ4n) is 1.64. The van der Waals surface area contributed by atoms with Crippen molar-refractivity contribution in [3.63, 3.8) is 0 Å². The third-order valence-corrected chi connectivity index (χ3v) is 2.98. The van der Waals surface area contributed by atoms with Gasteiger partial charge in [-0.15, -0.1) is 0 Å². The van der Waals surface area contributed by atoms with Crippen molar-refractivity contribution in [1.29, 1.82) is 0 Å². The molecule has 2 N–H and O–H groups in total. The summed E-state index contributed by atoms with van der Waals surface area (Å²) in [4.78, 5) is 16.3. The summed E-state index contributed by atoms with van der Waals surface area (Å²) in [5, 5.41) is 13.0. The summed E-state index contributed by atoms with van der Waals surface area (Å²) in [6, 6.07) is 5.48. The molecule has 1 aromatic heterocycles. The quantitative estimate of drug-likeness (QED) is 0.877. The van der Waals surface area contributed by atoms with Crippen LogP contribution in [0.4, 0.5) is 0 Å². The van der Waals surface area contributed by atoms with E-state index in [1.807, 2.05) is 39.8 Å². The van der Waals surface area contributed by atoms with E-state index in [1.165, 1.54) is 0 Å². The van der Waals surface area contributed by atoms with Gasteiger partial charge in [-0.05, 0) is 39.8 Å². The Hall–Kier alpha value is -1.42. The zero-order chi connectivity index (χ0) is 14.8. The van der Waals surface area contributed by atoms with E-state index in [4.69, 9.17) is 0 Å². The highest BCUT2D eigenvalue weighted by Gasteiger charge is 2.27. The van der Waals surface area contributed by atoms with Crippen molar-refractivity contribution in [2.45, 2.75) is 52.7 Å². The highest BCUT2D eigenvalue weighted by atomic mass is 16.3. The Morgan fingerprint density at radius 3 is 2.21 bits per heavy atom. The lowest BCUT2D eigenvalue weighted by molar-refractivity contribution is -0.125. The largest absolute Gasteiger partial charge is 0.384 e. The molecule has 0 aliphatic rings. The van der Waals surface area contributed by atoms with Gasteiger partial charge in [0.1, 0.15) is 5.60 Å². The Morgan fingerprint density at radius 1 is 1.21 bits per heavy atom. The minimum absolute atomic E-state index is 0.0135. The highest BCUT2D eigenvalue weighted by Crippen LogP contribution is 2.23. The maximum absolute atomic E-state index is 11.8. The SMILES string of the molecule is CC(C)C(=O)NC(C)(C)c1cccc(C(C)(C)O)n1. The molecule has 0 radical (unpaired) electrons. The molecule has 0 aromatic carbocycles. The maximum Gasteiger partial charge on any atom is 0.223 e. The average Bonchev–Trinajstić information content (AvgIpc) is 2.27. The number of nitrogens with one attached hydrogen (secondary N) is 1. The second-order valence-electron chi connectivity index (χ2n) is 6.24. The molecule has 0 bridgehead atoms. The Bertz CT molecular complexity index is 459. The van der Waals surface area contributed by atoms with Crippen LogP contribution in [0, 0.1) is 5.92 Å². The lowest BCUT2D eigenvalue weighted by atomic mass is 9.96. The van der Waals surface area contributed by atoms with E-state index < -0.39 is 11.1 Å². The van der Waals surface area contributed by atoms with E-state index in [0.717, 1.165) is 5.69 Å². The maximum atomic E-state index is 11.8. The van der Waals surface area contributed by atoms with Crippen molar-refractivity contribution in [2.75, 3.05) is 0 Å². The van der Waals surface area contributed by atoms with Crippen LogP contribution in [0.2, 0.25) is 0 Å². The van der Waals surface area contributed by atoms with Gasteiger partial charge in [0.05, 0.1) is 16.9 Å². The van der Waals surface area contributed by atoms with Crippen LogP contribution in [-0.2, 0) is 15.9 Å². The minimum atomic E-state index is -0.992. The number of carbonyl (C=O) groups excluding carboxylic acids is 1. The summed E-state index contributed by atoms with van der Waals surface area (Å²) in [7, 11) is 0. The molecule has 4 nitrogen and oxygen atoms in total. The lowest BCUT2D eigenvalue weighted by Crippen LogP contribution is -2.43. The van der Waals surface area contributed by atoms with Crippen LogP contribution in [0.25, 0.3) is 0 Å². The van der Waals surface area contributed by atoms with Crippen molar-refractivity contribution in [2.24, 2.45) is 5.92 Å². The minimum Gasteiger partial charge on any atom is -0.384 e. The van der Waals surface area contributed by atoms with Crippen LogP contribution in [0.1, 0.15) is 52.9 Å². The standard InChI is InChI=1S/C15H24N2O2/c1-10(2)13(18)17-14(3,4)11-8-7-9-12(16-11)15(5,6)19/h7-10,19H,1-6H3,(H,17,18). The summed E-state index contributed by atoms with van der Waals surface area (Å²) in [6.45, 7) is 10.9. The molecule has 1 aromatic rings. The van der Waals surface area contributed by atoms with E-state index in [0.29, 0.717) is 5.69 Å². The molecule has 0 spiro atoms. The van der Waals surface area contributed by atoms with Crippen LogP contribution in [0.3, 0.4) is 0 Å². The number of rotatable bonds is 4.